The molecular weight excluding hydrogens is 448 g/mol. The van der Waals surface area contributed by atoms with Crippen molar-refractivity contribution in [1.29, 1.82) is 0 Å². The maximum atomic E-state index is 13.4. The summed E-state index contributed by atoms with van der Waals surface area (Å²) in [4.78, 5) is 19.6. The number of hydrogen-bond donors (Lipinski definition) is 2. The van der Waals surface area contributed by atoms with Crippen LogP contribution in [-0.2, 0) is 14.8 Å². The number of pyridine rings is 1. The zero-order chi connectivity index (χ0) is 24.0. The van der Waals surface area contributed by atoms with Gasteiger partial charge in [-0.15, -0.1) is 0 Å². The summed E-state index contributed by atoms with van der Waals surface area (Å²) >= 11 is 0. The Morgan fingerprint density at radius 2 is 1.79 bits per heavy atom. The molecule has 1 amide bonds. The van der Waals surface area contributed by atoms with Crippen molar-refractivity contribution in [3.05, 3.63) is 66.9 Å². The summed E-state index contributed by atoms with van der Waals surface area (Å²) in [6.07, 6.45) is 4.62. The number of aromatic nitrogens is 1. The van der Waals surface area contributed by atoms with E-state index in [0.717, 1.165) is 29.4 Å². The van der Waals surface area contributed by atoms with E-state index in [1.54, 1.807) is 29.3 Å². The fraction of sp³-hybridized carbons (Fsp3) is 0.385. The molecule has 0 radical (unpaired) electrons. The van der Waals surface area contributed by atoms with E-state index in [2.05, 4.69) is 21.9 Å². The molecule has 1 saturated heterocycles. The summed E-state index contributed by atoms with van der Waals surface area (Å²) in [6.45, 7) is 4.11. The van der Waals surface area contributed by atoms with Crippen molar-refractivity contribution in [3.8, 4) is 0 Å². The Labute approximate surface area is 201 Å². The van der Waals surface area contributed by atoms with E-state index in [9.17, 15) is 13.2 Å². The number of nitrogens with one attached hydrogen (secondary N) is 2. The van der Waals surface area contributed by atoms with Crippen molar-refractivity contribution in [2.45, 2.75) is 43.5 Å². The molecule has 4 rings (SSSR count). The average Bonchev–Trinajstić information content (AvgIpc) is 2.86. The number of likely N-dealkylation sites (tertiary alicyclic amines) is 1. The second-order valence-electron chi connectivity index (χ2n) is 8.97. The van der Waals surface area contributed by atoms with Crippen LogP contribution in [0.5, 0.6) is 0 Å². The fourth-order valence-corrected chi connectivity index (χ4v) is 5.52. The first-order chi connectivity index (χ1) is 16.4. The molecule has 1 aromatic heterocycles. The molecule has 1 fully saturated rings. The minimum atomic E-state index is -3.86. The van der Waals surface area contributed by atoms with Crippen LogP contribution < -0.4 is 10.0 Å². The second kappa shape index (κ2) is 11.0. The third-order valence-corrected chi connectivity index (χ3v) is 7.83. The summed E-state index contributed by atoms with van der Waals surface area (Å²) in [7, 11) is -3.86. The summed E-state index contributed by atoms with van der Waals surface area (Å²) in [5.41, 5.74) is 0. The second-order valence-corrected chi connectivity index (χ2v) is 10.7. The van der Waals surface area contributed by atoms with Gasteiger partial charge in [-0.1, -0.05) is 43.3 Å². The maximum absolute atomic E-state index is 13.4. The number of nitrogens with zero attached hydrogens (tertiary/aromatic N) is 2. The Balaban J connectivity index is 1.47. The molecule has 8 heteroatoms. The Kier molecular flexibility index (Phi) is 7.80. The molecule has 180 valence electrons. The predicted molar refractivity (Wildman–Crippen MR) is 135 cm³/mol. The lowest BCUT2D eigenvalue weighted by Gasteiger charge is -2.33. The van der Waals surface area contributed by atoms with Gasteiger partial charge in [0, 0.05) is 25.8 Å². The normalized spacial score (nSPS) is 15.9. The highest BCUT2D eigenvalue weighted by Crippen LogP contribution is 2.21. The zero-order valence-corrected chi connectivity index (χ0v) is 20.3. The molecule has 2 heterocycles. The number of carbonyl (C=O) groups is 1. The third-order valence-electron chi connectivity index (χ3n) is 6.36. The monoisotopic (exact) mass is 480 g/mol. The van der Waals surface area contributed by atoms with Crippen LogP contribution in [0.25, 0.3) is 10.8 Å². The number of carbonyl (C=O) groups excluding carboxylic acids is 1. The van der Waals surface area contributed by atoms with Crippen LogP contribution in [0.4, 0.5) is 5.82 Å². The van der Waals surface area contributed by atoms with Gasteiger partial charge in [-0.05, 0) is 66.6 Å². The van der Waals surface area contributed by atoms with Crippen LogP contribution in [0.15, 0.2) is 71.8 Å². The number of amides is 1. The summed E-state index contributed by atoms with van der Waals surface area (Å²) < 4.78 is 29.3. The van der Waals surface area contributed by atoms with Crippen LogP contribution in [0.3, 0.4) is 0 Å². The average molecular weight is 481 g/mol. The van der Waals surface area contributed by atoms with Crippen LogP contribution in [0, 0.1) is 5.92 Å². The molecule has 0 saturated carbocycles. The van der Waals surface area contributed by atoms with Gasteiger partial charge in [-0.2, -0.15) is 4.72 Å². The number of anilines is 1. The van der Waals surface area contributed by atoms with Crippen molar-refractivity contribution in [2.24, 2.45) is 5.92 Å². The molecule has 7 nitrogen and oxygen atoms in total. The first-order valence-electron chi connectivity index (χ1n) is 11.9. The number of rotatable bonds is 9. The highest BCUT2D eigenvalue weighted by molar-refractivity contribution is 7.89. The Hall–Kier alpha value is -2.97. The summed E-state index contributed by atoms with van der Waals surface area (Å²) in [5, 5.41) is 5.04. The van der Waals surface area contributed by atoms with Crippen LogP contribution >= 0.6 is 0 Å². The van der Waals surface area contributed by atoms with Gasteiger partial charge in [0.1, 0.15) is 11.9 Å². The fourth-order valence-electron chi connectivity index (χ4n) is 4.26. The van der Waals surface area contributed by atoms with E-state index in [0.29, 0.717) is 38.4 Å². The molecule has 2 N–H and O–H groups in total. The van der Waals surface area contributed by atoms with Gasteiger partial charge in [0.05, 0.1) is 4.90 Å². The highest BCUT2D eigenvalue weighted by atomic mass is 32.2. The van der Waals surface area contributed by atoms with Gasteiger partial charge in [0.2, 0.25) is 15.9 Å². The molecular formula is C26H32N4O3S. The Bertz CT molecular complexity index is 1210. The number of piperidine rings is 1. The predicted octanol–water partition coefficient (Wildman–Crippen LogP) is 4.03. The lowest BCUT2D eigenvalue weighted by molar-refractivity contribution is -0.134. The van der Waals surface area contributed by atoms with Crippen LogP contribution in [-0.4, -0.2) is 49.9 Å². The highest BCUT2D eigenvalue weighted by Gasteiger charge is 2.30. The van der Waals surface area contributed by atoms with E-state index in [1.165, 1.54) is 0 Å². The molecule has 0 spiro atoms. The minimum Gasteiger partial charge on any atom is -0.370 e. The standard InChI is InChI=1S/C26H32N4O3S/c1-20-13-17-30(18-14-20)26(31)24(9-6-16-28-25-10-4-5-15-27-25)29-34(32,33)23-12-11-21-7-2-3-8-22(21)19-23/h2-5,7-8,10-12,15,19-20,24,29H,6,9,13-14,16-18H2,1H3,(H,27,28)/t24-/m0/s1. The quantitative estimate of drug-likeness (QED) is 0.451. The van der Waals surface area contributed by atoms with E-state index in [1.807, 2.05) is 42.5 Å². The molecule has 3 aromatic rings. The van der Waals surface area contributed by atoms with Crippen molar-refractivity contribution < 1.29 is 13.2 Å². The first-order valence-corrected chi connectivity index (χ1v) is 13.4. The van der Waals surface area contributed by atoms with Gasteiger partial charge in [-0.3, -0.25) is 4.79 Å². The Morgan fingerprint density at radius 3 is 2.53 bits per heavy atom. The molecule has 0 bridgehead atoms. The van der Waals surface area contributed by atoms with Gasteiger partial charge < -0.3 is 10.2 Å². The number of fused-ring (bicyclic) bond motifs is 1. The molecule has 2 aromatic carbocycles. The number of benzene rings is 2. The van der Waals surface area contributed by atoms with Gasteiger partial charge in [-0.25, -0.2) is 13.4 Å². The number of hydrogen-bond acceptors (Lipinski definition) is 5. The van der Waals surface area contributed by atoms with Gasteiger partial charge in [0.25, 0.3) is 0 Å². The smallest absolute Gasteiger partial charge is 0.241 e. The van der Waals surface area contributed by atoms with Crippen LogP contribution in [0.2, 0.25) is 0 Å². The molecule has 1 aliphatic heterocycles. The molecule has 1 atom stereocenters. The van der Waals surface area contributed by atoms with Gasteiger partial charge >= 0.3 is 0 Å². The van der Waals surface area contributed by atoms with E-state index in [-0.39, 0.29) is 10.8 Å². The lowest BCUT2D eigenvalue weighted by atomic mass is 9.98. The maximum Gasteiger partial charge on any atom is 0.241 e. The van der Waals surface area contributed by atoms with E-state index < -0.39 is 16.1 Å². The molecule has 0 aliphatic carbocycles. The van der Waals surface area contributed by atoms with Crippen molar-refractivity contribution in [2.75, 3.05) is 25.0 Å². The Morgan fingerprint density at radius 1 is 1.06 bits per heavy atom. The third kappa shape index (κ3) is 6.12. The van der Waals surface area contributed by atoms with Crippen LogP contribution in [0.1, 0.15) is 32.6 Å². The van der Waals surface area contributed by atoms with Crippen molar-refractivity contribution in [3.63, 3.8) is 0 Å². The lowest BCUT2D eigenvalue weighted by Crippen LogP contribution is -2.50. The van der Waals surface area contributed by atoms with Crippen molar-refractivity contribution >= 4 is 32.5 Å². The summed E-state index contributed by atoms with van der Waals surface area (Å²) in [6, 6.07) is 17.5. The SMILES string of the molecule is CC1CCN(C(=O)[C@H](CCCNc2ccccn2)NS(=O)(=O)c2ccc3ccccc3c2)CC1. The minimum absolute atomic E-state index is 0.144. The van der Waals surface area contributed by atoms with Gasteiger partial charge in [0.15, 0.2) is 0 Å². The first kappa shape index (κ1) is 24.2. The van der Waals surface area contributed by atoms with Crippen molar-refractivity contribution in [1.82, 2.24) is 14.6 Å². The number of sulfonamides is 1. The molecule has 1 aliphatic rings. The van der Waals surface area contributed by atoms with E-state index >= 15 is 0 Å². The largest absolute Gasteiger partial charge is 0.370 e. The van der Waals surface area contributed by atoms with E-state index in [4.69, 9.17) is 0 Å². The zero-order valence-electron chi connectivity index (χ0n) is 19.5. The topological polar surface area (TPSA) is 91.4 Å². The molecule has 34 heavy (non-hydrogen) atoms. The summed E-state index contributed by atoms with van der Waals surface area (Å²) in [5.74, 6) is 1.20. The molecule has 0 unspecified atom stereocenters.